The Morgan fingerprint density at radius 1 is 0.803 bits per heavy atom. The second-order valence-electron chi connectivity index (χ2n) is 23.0. The summed E-state index contributed by atoms with van der Waals surface area (Å²) < 4.78 is 18.5. The van der Waals surface area contributed by atoms with Crippen LogP contribution >= 0.6 is 0 Å². The number of nitrogens with one attached hydrogen (secondary N) is 1. The Labute approximate surface area is 406 Å². The van der Waals surface area contributed by atoms with Crippen LogP contribution in [0.3, 0.4) is 0 Å². The summed E-state index contributed by atoms with van der Waals surface area (Å²) in [7, 11) is 0. The zero-order valence-corrected chi connectivity index (χ0v) is 43.7. The summed E-state index contributed by atoms with van der Waals surface area (Å²) in [6, 6.07) is 0. The second-order valence-corrected chi connectivity index (χ2v) is 23.0. The number of rotatable bonds is 32. The van der Waals surface area contributed by atoms with E-state index in [1.54, 1.807) is 5.57 Å². The number of nitrogens with zero attached hydrogens (tertiary/aromatic N) is 1. The van der Waals surface area contributed by atoms with Crippen molar-refractivity contribution in [3.63, 3.8) is 0 Å². The molecule has 1 aliphatic heterocycles. The molecule has 5 unspecified atom stereocenters. The SMILES string of the molecule is CCCCC/C=C\C/C=C\CCCCCCCCOCC(CN1CCCCC1)OCCNC(=O)CCC(=O)O[C@H]1CC[C@@]2(C)C(=CC[C@H]3C4CCC(C(C)CCCC(C)C)[C@@]4(C)CCC32)C1. The first kappa shape index (κ1) is 55.0. The van der Waals surface area contributed by atoms with Crippen LogP contribution in [0.15, 0.2) is 36.0 Å². The zero-order valence-electron chi connectivity index (χ0n) is 43.7. The summed E-state index contributed by atoms with van der Waals surface area (Å²) in [5.41, 5.74) is 2.28. The van der Waals surface area contributed by atoms with Gasteiger partial charge in [0, 0.05) is 32.5 Å². The molecule has 4 aliphatic carbocycles. The first-order chi connectivity index (χ1) is 32.0. The Kier molecular flexibility index (Phi) is 24.9. The summed E-state index contributed by atoms with van der Waals surface area (Å²) in [5, 5.41) is 3.00. The van der Waals surface area contributed by atoms with Gasteiger partial charge in [0.2, 0.25) is 5.91 Å². The maximum Gasteiger partial charge on any atom is 0.306 e. The molecule has 5 aliphatic rings. The van der Waals surface area contributed by atoms with E-state index >= 15 is 0 Å². The largest absolute Gasteiger partial charge is 0.462 e. The molecule has 3 saturated carbocycles. The van der Waals surface area contributed by atoms with Gasteiger partial charge in [-0.25, -0.2) is 0 Å². The van der Waals surface area contributed by atoms with Gasteiger partial charge in [-0.1, -0.05) is 142 Å². The number of ether oxygens (including phenoxy) is 3. The third-order valence-electron chi connectivity index (χ3n) is 17.6. The molecule has 0 aromatic heterocycles. The number of amides is 1. The summed E-state index contributed by atoms with van der Waals surface area (Å²) >= 11 is 0. The fourth-order valence-corrected chi connectivity index (χ4v) is 13.7. The molecule has 0 aromatic carbocycles. The number of esters is 1. The predicted molar refractivity (Wildman–Crippen MR) is 275 cm³/mol. The maximum atomic E-state index is 13.1. The molecule has 0 spiro atoms. The molecule has 5 rings (SSSR count). The molecular formula is C59H102N2O5. The lowest BCUT2D eigenvalue weighted by Crippen LogP contribution is -2.51. The minimum absolute atomic E-state index is 0.00596. The number of hydrogen-bond acceptors (Lipinski definition) is 6. The first-order valence-corrected chi connectivity index (χ1v) is 28.4. The van der Waals surface area contributed by atoms with E-state index in [0.717, 1.165) is 93.9 Å². The van der Waals surface area contributed by atoms with E-state index in [2.05, 4.69) is 82.1 Å². The van der Waals surface area contributed by atoms with Gasteiger partial charge in [0.15, 0.2) is 0 Å². The third-order valence-corrected chi connectivity index (χ3v) is 17.6. The fourth-order valence-electron chi connectivity index (χ4n) is 13.7. The Balaban J connectivity index is 0.923. The molecule has 0 bridgehead atoms. The van der Waals surface area contributed by atoms with Gasteiger partial charge >= 0.3 is 5.97 Å². The van der Waals surface area contributed by atoms with Crippen LogP contribution in [0.1, 0.15) is 221 Å². The van der Waals surface area contributed by atoms with Crippen molar-refractivity contribution in [1.29, 1.82) is 0 Å². The molecule has 378 valence electrons. The topological polar surface area (TPSA) is 77.1 Å². The van der Waals surface area contributed by atoms with Crippen molar-refractivity contribution < 1.29 is 23.8 Å². The smallest absolute Gasteiger partial charge is 0.306 e. The third kappa shape index (κ3) is 17.8. The number of likely N-dealkylation sites (tertiary alicyclic amines) is 1. The second kappa shape index (κ2) is 29.9. The Bertz CT molecular complexity index is 1470. The lowest BCUT2D eigenvalue weighted by molar-refractivity contribution is -0.152. The van der Waals surface area contributed by atoms with Crippen LogP contribution in [0.5, 0.6) is 0 Å². The van der Waals surface area contributed by atoms with Crippen molar-refractivity contribution in [3.05, 3.63) is 36.0 Å². The molecule has 4 fully saturated rings. The Hall–Kier alpha value is -1.96. The van der Waals surface area contributed by atoms with Crippen molar-refractivity contribution in [2.75, 3.05) is 46.0 Å². The highest BCUT2D eigenvalue weighted by Crippen LogP contribution is 2.67. The fraction of sp³-hybridized carbons (Fsp3) is 0.864. The van der Waals surface area contributed by atoms with Gasteiger partial charge in [-0.05, 0) is 156 Å². The molecule has 1 N–H and O–H groups in total. The normalized spacial score (nSPS) is 28.8. The van der Waals surface area contributed by atoms with E-state index in [9.17, 15) is 9.59 Å². The quantitative estimate of drug-likeness (QED) is 0.0412. The maximum absolute atomic E-state index is 13.1. The van der Waals surface area contributed by atoms with E-state index in [4.69, 9.17) is 14.2 Å². The van der Waals surface area contributed by atoms with Crippen LogP contribution in [0.2, 0.25) is 0 Å². The van der Waals surface area contributed by atoms with Crippen molar-refractivity contribution in [2.45, 2.75) is 234 Å². The molecule has 9 atom stereocenters. The number of unbranched alkanes of at least 4 members (excludes halogenated alkanes) is 9. The summed E-state index contributed by atoms with van der Waals surface area (Å²) in [6.45, 7) is 20.2. The number of hydrogen-bond donors (Lipinski definition) is 1. The molecule has 7 nitrogen and oxygen atoms in total. The lowest BCUT2D eigenvalue weighted by Gasteiger charge is -2.58. The van der Waals surface area contributed by atoms with Crippen LogP contribution in [-0.4, -0.2) is 75.0 Å². The van der Waals surface area contributed by atoms with Crippen molar-refractivity contribution in [2.24, 2.45) is 46.3 Å². The van der Waals surface area contributed by atoms with Crippen LogP contribution in [0, 0.1) is 46.3 Å². The number of carbonyl (C=O) groups is 2. The van der Waals surface area contributed by atoms with Gasteiger partial charge in [-0.2, -0.15) is 0 Å². The number of carbonyl (C=O) groups excluding carboxylic acids is 2. The Morgan fingerprint density at radius 2 is 1.55 bits per heavy atom. The molecule has 0 aromatic rings. The molecule has 1 heterocycles. The van der Waals surface area contributed by atoms with E-state index in [1.807, 2.05) is 0 Å². The summed E-state index contributed by atoms with van der Waals surface area (Å²) in [5.74, 6) is 4.59. The zero-order chi connectivity index (χ0) is 47.0. The molecule has 1 saturated heterocycles. The molecule has 0 radical (unpaired) electrons. The van der Waals surface area contributed by atoms with Gasteiger partial charge in [0.05, 0.1) is 25.7 Å². The molecule has 1 amide bonds. The van der Waals surface area contributed by atoms with Gasteiger partial charge in [-0.15, -0.1) is 0 Å². The first-order valence-electron chi connectivity index (χ1n) is 28.4. The lowest BCUT2D eigenvalue weighted by atomic mass is 9.47. The van der Waals surface area contributed by atoms with Crippen molar-refractivity contribution >= 4 is 11.9 Å². The summed E-state index contributed by atoms with van der Waals surface area (Å²) in [4.78, 5) is 28.4. The van der Waals surface area contributed by atoms with Gasteiger partial charge in [0.25, 0.3) is 0 Å². The average molecular weight is 919 g/mol. The molecule has 66 heavy (non-hydrogen) atoms. The molecular weight excluding hydrogens is 817 g/mol. The van der Waals surface area contributed by atoms with Crippen LogP contribution in [0.25, 0.3) is 0 Å². The van der Waals surface area contributed by atoms with Crippen LogP contribution in [-0.2, 0) is 23.8 Å². The van der Waals surface area contributed by atoms with E-state index in [-0.39, 0.29) is 42.3 Å². The van der Waals surface area contributed by atoms with Gasteiger partial charge < -0.3 is 24.4 Å². The average Bonchev–Trinajstić information content (AvgIpc) is 3.67. The van der Waals surface area contributed by atoms with E-state index < -0.39 is 0 Å². The van der Waals surface area contributed by atoms with Crippen molar-refractivity contribution in [1.82, 2.24) is 10.2 Å². The van der Waals surface area contributed by atoms with Crippen LogP contribution in [0.4, 0.5) is 0 Å². The monoisotopic (exact) mass is 919 g/mol. The highest BCUT2D eigenvalue weighted by Gasteiger charge is 2.59. The predicted octanol–water partition coefficient (Wildman–Crippen LogP) is 14.5. The minimum Gasteiger partial charge on any atom is -0.462 e. The number of piperidine rings is 1. The number of allylic oxidation sites excluding steroid dienone is 5. The Morgan fingerprint density at radius 3 is 2.30 bits per heavy atom. The molecule has 7 heteroatoms. The standard InChI is InChI=1S/C59H102N2O5/c1-7-8-9-10-11-12-13-14-15-16-17-18-19-20-21-25-42-64-46-51(45-61-40-23-22-24-41-61)65-43-39-60-56(62)33-34-57(63)66-50-35-37-58(5)49(44-50)29-30-52-54-32-31-53(48(4)28-26-27-47(2)3)59(54,6)38-36-55(52)58/h11-12,14-15,29,47-48,50-55H,7-10,13,16-28,30-46H2,1-6H3,(H,60,62)/b12-11-,15-14-/t48?,50-,51?,52-,53?,54?,55?,58-,59+/m0/s1. The van der Waals surface area contributed by atoms with Crippen LogP contribution < -0.4 is 5.32 Å². The number of fused-ring (bicyclic) bond motifs is 5. The van der Waals surface area contributed by atoms with Crippen molar-refractivity contribution in [3.8, 4) is 0 Å². The highest BCUT2D eigenvalue weighted by atomic mass is 16.5. The highest BCUT2D eigenvalue weighted by molar-refractivity contribution is 5.81. The summed E-state index contributed by atoms with van der Waals surface area (Å²) in [6.07, 6.45) is 44.7. The minimum atomic E-state index is -0.240. The van der Waals surface area contributed by atoms with Gasteiger partial charge in [-0.3, -0.25) is 9.59 Å². The van der Waals surface area contributed by atoms with E-state index in [0.29, 0.717) is 25.2 Å². The van der Waals surface area contributed by atoms with E-state index in [1.165, 1.54) is 135 Å². The van der Waals surface area contributed by atoms with Gasteiger partial charge in [0.1, 0.15) is 6.10 Å².